The number of amides is 2. The molecule has 3 N–H and O–H groups in total. The third kappa shape index (κ3) is 4.66. The smallest absolute Gasteiger partial charge is 0.255 e. The molecule has 2 rings (SSSR count). The highest BCUT2D eigenvalue weighted by Crippen LogP contribution is 2.38. The van der Waals surface area contributed by atoms with E-state index in [1.54, 1.807) is 0 Å². The van der Waals surface area contributed by atoms with Gasteiger partial charge in [0.1, 0.15) is 0 Å². The van der Waals surface area contributed by atoms with E-state index in [-0.39, 0.29) is 29.8 Å². The molecular formula is C19H22N2O5. The predicted molar refractivity (Wildman–Crippen MR) is 98.0 cm³/mol. The largest absolute Gasteiger partial charge is 0.493 e. The summed E-state index contributed by atoms with van der Waals surface area (Å²) in [5.41, 5.74) is 7.28. The molecule has 0 aliphatic heterocycles. The average molecular weight is 358 g/mol. The van der Waals surface area contributed by atoms with Crippen molar-refractivity contribution >= 4 is 17.5 Å². The van der Waals surface area contributed by atoms with Crippen LogP contribution in [0.2, 0.25) is 0 Å². The Balaban J connectivity index is 2.27. The SMILES string of the molecule is CCc1ccc(NC(=O)c2cc(OC)c(OCC(N)=O)c(OC)c2)cc1. The van der Waals surface area contributed by atoms with Crippen LogP contribution in [-0.4, -0.2) is 32.6 Å². The molecule has 0 saturated heterocycles. The number of carbonyl (C=O) groups excluding carboxylic acids is 2. The summed E-state index contributed by atoms with van der Waals surface area (Å²) in [6.07, 6.45) is 0.926. The number of primary amides is 1. The Kier molecular flexibility index (Phi) is 6.43. The number of ether oxygens (including phenoxy) is 3. The number of aryl methyl sites for hydroxylation is 1. The molecule has 26 heavy (non-hydrogen) atoms. The lowest BCUT2D eigenvalue weighted by atomic mass is 10.1. The van der Waals surface area contributed by atoms with Crippen molar-refractivity contribution < 1.29 is 23.8 Å². The van der Waals surface area contributed by atoms with Crippen LogP contribution in [-0.2, 0) is 11.2 Å². The third-order valence-corrected chi connectivity index (χ3v) is 3.70. The highest BCUT2D eigenvalue weighted by Gasteiger charge is 2.18. The van der Waals surface area contributed by atoms with E-state index >= 15 is 0 Å². The van der Waals surface area contributed by atoms with Crippen molar-refractivity contribution in [3.8, 4) is 17.2 Å². The third-order valence-electron chi connectivity index (χ3n) is 3.70. The minimum Gasteiger partial charge on any atom is -0.493 e. The molecule has 2 aromatic rings. The van der Waals surface area contributed by atoms with Gasteiger partial charge in [0.15, 0.2) is 18.1 Å². The molecule has 0 aliphatic carbocycles. The summed E-state index contributed by atoms with van der Waals surface area (Å²) < 4.78 is 15.8. The van der Waals surface area contributed by atoms with Gasteiger partial charge in [-0.25, -0.2) is 0 Å². The predicted octanol–water partition coefficient (Wildman–Crippen LogP) is 2.38. The lowest BCUT2D eigenvalue weighted by molar-refractivity contribution is -0.120. The highest BCUT2D eigenvalue weighted by molar-refractivity contribution is 6.05. The molecule has 7 nitrogen and oxygen atoms in total. The quantitative estimate of drug-likeness (QED) is 0.755. The lowest BCUT2D eigenvalue weighted by Gasteiger charge is -2.15. The van der Waals surface area contributed by atoms with E-state index in [1.165, 1.54) is 31.9 Å². The van der Waals surface area contributed by atoms with Crippen LogP contribution in [0.5, 0.6) is 17.2 Å². The van der Waals surface area contributed by atoms with E-state index in [2.05, 4.69) is 12.2 Å². The van der Waals surface area contributed by atoms with Gasteiger partial charge in [0.2, 0.25) is 5.75 Å². The summed E-state index contributed by atoms with van der Waals surface area (Å²) in [6, 6.07) is 10.6. The average Bonchev–Trinajstić information content (AvgIpc) is 2.65. The van der Waals surface area contributed by atoms with Crippen molar-refractivity contribution in [3.63, 3.8) is 0 Å². The first-order valence-electron chi connectivity index (χ1n) is 8.05. The fraction of sp³-hybridized carbons (Fsp3) is 0.263. The van der Waals surface area contributed by atoms with Crippen LogP contribution in [0, 0.1) is 0 Å². The van der Waals surface area contributed by atoms with E-state index in [4.69, 9.17) is 19.9 Å². The molecule has 0 atom stereocenters. The molecule has 2 amide bonds. The van der Waals surface area contributed by atoms with Crippen LogP contribution in [0.25, 0.3) is 0 Å². The molecule has 2 aromatic carbocycles. The van der Waals surface area contributed by atoms with Crippen molar-refractivity contribution in [1.82, 2.24) is 0 Å². The molecule has 7 heteroatoms. The summed E-state index contributed by atoms with van der Waals surface area (Å²) in [6.45, 7) is 1.73. The Morgan fingerprint density at radius 1 is 1.04 bits per heavy atom. The van der Waals surface area contributed by atoms with Gasteiger partial charge < -0.3 is 25.3 Å². The number of carbonyl (C=O) groups is 2. The summed E-state index contributed by atoms with van der Waals surface area (Å²) in [5, 5.41) is 2.82. The second-order valence-electron chi connectivity index (χ2n) is 5.47. The molecule has 138 valence electrons. The number of methoxy groups -OCH3 is 2. The maximum Gasteiger partial charge on any atom is 0.255 e. The summed E-state index contributed by atoms with van der Waals surface area (Å²) in [4.78, 5) is 23.5. The Bertz CT molecular complexity index is 762. The van der Waals surface area contributed by atoms with Crippen LogP contribution in [0.1, 0.15) is 22.8 Å². The van der Waals surface area contributed by atoms with Gasteiger partial charge in [0.05, 0.1) is 14.2 Å². The van der Waals surface area contributed by atoms with Gasteiger partial charge in [-0.05, 0) is 36.2 Å². The number of rotatable bonds is 8. The van der Waals surface area contributed by atoms with Crippen LogP contribution in [0.15, 0.2) is 36.4 Å². The molecule has 0 bridgehead atoms. The minimum atomic E-state index is -0.633. The summed E-state index contributed by atoms with van der Waals surface area (Å²) in [7, 11) is 2.86. The highest BCUT2D eigenvalue weighted by atomic mass is 16.5. The molecule has 0 spiro atoms. The van der Waals surface area contributed by atoms with Gasteiger partial charge in [-0.3, -0.25) is 9.59 Å². The lowest BCUT2D eigenvalue weighted by Crippen LogP contribution is -2.20. The number of hydrogen-bond donors (Lipinski definition) is 2. The molecule has 0 fully saturated rings. The van der Waals surface area contributed by atoms with Crippen molar-refractivity contribution in [3.05, 3.63) is 47.5 Å². The van der Waals surface area contributed by atoms with Crippen molar-refractivity contribution in [1.29, 1.82) is 0 Å². The molecule has 0 saturated carbocycles. The summed E-state index contributed by atoms with van der Waals surface area (Å²) in [5.74, 6) is -0.231. The van der Waals surface area contributed by atoms with Crippen molar-refractivity contribution in [2.75, 3.05) is 26.1 Å². The minimum absolute atomic E-state index is 0.206. The number of hydrogen-bond acceptors (Lipinski definition) is 5. The molecule has 0 aromatic heterocycles. The Morgan fingerprint density at radius 3 is 2.08 bits per heavy atom. The molecular weight excluding hydrogens is 336 g/mol. The van der Waals surface area contributed by atoms with E-state index < -0.39 is 5.91 Å². The van der Waals surface area contributed by atoms with Gasteiger partial charge in [-0.1, -0.05) is 19.1 Å². The maximum absolute atomic E-state index is 12.5. The van der Waals surface area contributed by atoms with E-state index in [9.17, 15) is 9.59 Å². The van der Waals surface area contributed by atoms with E-state index in [0.29, 0.717) is 11.3 Å². The number of anilines is 1. The van der Waals surface area contributed by atoms with Crippen molar-refractivity contribution in [2.45, 2.75) is 13.3 Å². The normalized spacial score (nSPS) is 10.1. The molecule has 0 heterocycles. The Labute approximate surface area is 152 Å². The molecule has 0 radical (unpaired) electrons. The van der Waals surface area contributed by atoms with Crippen molar-refractivity contribution in [2.24, 2.45) is 5.73 Å². The van der Waals surface area contributed by atoms with E-state index in [0.717, 1.165) is 6.42 Å². The van der Waals surface area contributed by atoms with Gasteiger partial charge in [0.25, 0.3) is 11.8 Å². The fourth-order valence-electron chi connectivity index (χ4n) is 2.32. The first kappa shape index (κ1) is 19.1. The summed E-state index contributed by atoms with van der Waals surface area (Å²) >= 11 is 0. The van der Waals surface area contributed by atoms with Crippen LogP contribution in [0.3, 0.4) is 0 Å². The van der Waals surface area contributed by atoms with Crippen LogP contribution in [0.4, 0.5) is 5.69 Å². The van der Waals surface area contributed by atoms with Gasteiger partial charge in [0, 0.05) is 11.3 Å². The fourth-order valence-corrected chi connectivity index (χ4v) is 2.32. The topological polar surface area (TPSA) is 99.9 Å². The first-order valence-corrected chi connectivity index (χ1v) is 8.05. The first-order chi connectivity index (χ1) is 12.5. The van der Waals surface area contributed by atoms with E-state index in [1.807, 2.05) is 24.3 Å². The zero-order valence-electron chi connectivity index (χ0n) is 15.0. The zero-order valence-corrected chi connectivity index (χ0v) is 15.0. The van der Waals surface area contributed by atoms with Gasteiger partial charge in [-0.2, -0.15) is 0 Å². The zero-order chi connectivity index (χ0) is 19.1. The maximum atomic E-state index is 12.5. The number of nitrogens with one attached hydrogen (secondary N) is 1. The van der Waals surface area contributed by atoms with Crippen LogP contribution >= 0.6 is 0 Å². The van der Waals surface area contributed by atoms with Gasteiger partial charge in [-0.15, -0.1) is 0 Å². The second-order valence-corrected chi connectivity index (χ2v) is 5.47. The molecule has 0 aliphatic rings. The Hall–Kier alpha value is -3.22. The molecule has 0 unspecified atom stereocenters. The standard InChI is InChI=1S/C19H22N2O5/c1-4-12-5-7-14(8-6-12)21-19(23)13-9-15(24-2)18(16(10-13)25-3)26-11-17(20)22/h5-10H,4,11H2,1-3H3,(H2,20,22)(H,21,23). The van der Waals surface area contributed by atoms with Crippen LogP contribution < -0.4 is 25.3 Å². The second kappa shape index (κ2) is 8.75. The number of benzene rings is 2. The Morgan fingerprint density at radius 2 is 1.62 bits per heavy atom. The van der Waals surface area contributed by atoms with Gasteiger partial charge >= 0.3 is 0 Å². The monoisotopic (exact) mass is 358 g/mol. The number of nitrogens with two attached hydrogens (primary N) is 1.